The Labute approximate surface area is 110 Å². The first-order chi connectivity index (χ1) is 8.68. The van der Waals surface area contributed by atoms with Crippen LogP contribution in [0.15, 0.2) is 29.1 Å². The summed E-state index contributed by atoms with van der Waals surface area (Å²) in [5.74, 6) is 0.183. The van der Waals surface area contributed by atoms with Crippen LogP contribution in [0.1, 0.15) is 19.4 Å². The van der Waals surface area contributed by atoms with Crippen molar-refractivity contribution in [3.05, 3.63) is 34.7 Å². The molecule has 0 saturated carbocycles. The smallest absolute Gasteiger partial charge is 0.231 e. The molecule has 2 aromatic rings. The number of rotatable bonds is 2. The summed E-state index contributed by atoms with van der Waals surface area (Å²) in [6, 6.07) is 6.27. The van der Waals surface area contributed by atoms with E-state index in [2.05, 4.69) is 4.98 Å². The molecule has 1 aliphatic rings. The second-order valence-corrected chi connectivity index (χ2v) is 5.43. The number of carbonyl (C=O) groups is 1. The molecule has 1 aromatic heterocycles. The van der Waals surface area contributed by atoms with Crippen LogP contribution in [0.3, 0.4) is 0 Å². The van der Waals surface area contributed by atoms with Crippen molar-refractivity contribution in [1.29, 1.82) is 0 Å². The molecule has 2 heterocycles. The van der Waals surface area contributed by atoms with Crippen LogP contribution >= 0.6 is 11.3 Å². The third kappa shape index (κ3) is 1.64. The second kappa shape index (κ2) is 4.21. The zero-order chi connectivity index (χ0) is 12.7. The summed E-state index contributed by atoms with van der Waals surface area (Å²) in [5, 5.41) is 2.03. The molecule has 92 valence electrons. The van der Waals surface area contributed by atoms with E-state index in [-0.39, 0.29) is 11.9 Å². The van der Waals surface area contributed by atoms with E-state index >= 15 is 0 Å². The Morgan fingerprint density at radius 2 is 2.22 bits per heavy atom. The summed E-state index contributed by atoms with van der Waals surface area (Å²) < 4.78 is 0. The molecule has 3 nitrogen and oxygen atoms in total. The van der Waals surface area contributed by atoms with Crippen molar-refractivity contribution in [2.75, 3.05) is 4.90 Å². The van der Waals surface area contributed by atoms with Crippen LogP contribution in [0.25, 0.3) is 11.3 Å². The number of benzene rings is 1. The number of fused-ring (bicyclic) bond motifs is 1. The Balaban J connectivity index is 2.15. The Morgan fingerprint density at radius 3 is 2.89 bits per heavy atom. The quantitative estimate of drug-likeness (QED) is 0.829. The van der Waals surface area contributed by atoms with Gasteiger partial charge in [0.25, 0.3) is 0 Å². The first-order valence-electron chi connectivity index (χ1n) is 6.01. The molecule has 0 saturated heterocycles. The molecule has 0 aliphatic carbocycles. The van der Waals surface area contributed by atoms with E-state index in [9.17, 15) is 4.79 Å². The topological polar surface area (TPSA) is 33.2 Å². The summed E-state index contributed by atoms with van der Waals surface area (Å²) in [7, 11) is 0. The van der Waals surface area contributed by atoms with Crippen LogP contribution in [0, 0.1) is 0 Å². The Morgan fingerprint density at radius 1 is 1.39 bits per heavy atom. The molecule has 0 unspecified atom stereocenters. The fourth-order valence-electron chi connectivity index (χ4n) is 2.51. The van der Waals surface area contributed by atoms with E-state index in [0.29, 0.717) is 6.42 Å². The zero-order valence-electron chi connectivity index (χ0n) is 10.4. The maximum absolute atomic E-state index is 12.1. The molecular formula is C14H14N2OS. The highest BCUT2D eigenvalue weighted by atomic mass is 32.1. The maximum Gasteiger partial charge on any atom is 0.231 e. The number of amides is 1. The number of hydrogen-bond donors (Lipinski definition) is 0. The number of carbonyl (C=O) groups excluding carboxylic acids is 1. The van der Waals surface area contributed by atoms with Crippen molar-refractivity contribution in [2.45, 2.75) is 26.3 Å². The molecule has 3 rings (SSSR count). The number of anilines is 1. The van der Waals surface area contributed by atoms with Crippen LogP contribution in [0.4, 0.5) is 5.69 Å². The van der Waals surface area contributed by atoms with Crippen molar-refractivity contribution in [3.63, 3.8) is 0 Å². The molecule has 0 bridgehead atoms. The van der Waals surface area contributed by atoms with Gasteiger partial charge in [-0.15, -0.1) is 11.3 Å². The Bertz CT molecular complexity index is 590. The lowest BCUT2D eigenvalue weighted by Crippen LogP contribution is -2.33. The van der Waals surface area contributed by atoms with Crippen molar-refractivity contribution >= 4 is 22.9 Å². The summed E-state index contributed by atoms with van der Waals surface area (Å²) >= 11 is 1.58. The molecular weight excluding hydrogens is 244 g/mol. The SMILES string of the molecule is CC(C)N1C(=O)Cc2c(-c3cscn3)cccc21. The van der Waals surface area contributed by atoms with Crippen LogP contribution in [-0.4, -0.2) is 16.9 Å². The van der Waals surface area contributed by atoms with Gasteiger partial charge in [-0.1, -0.05) is 12.1 Å². The van der Waals surface area contributed by atoms with Crippen molar-refractivity contribution in [2.24, 2.45) is 0 Å². The molecule has 1 amide bonds. The summed E-state index contributed by atoms with van der Waals surface area (Å²) in [6.07, 6.45) is 0.487. The average molecular weight is 258 g/mol. The molecule has 1 aliphatic heterocycles. The predicted octanol–water partition coefficient (Wildman–Crippen LogP) is 3.11. The van der Waals surface area contributed by atoms with Gasteiger partial charge in [0.15, 0.2) is 0 Å². The van der Waals surface area contributed by atoms with Gasteiger partial charge < -0.3 is 4.90 Å². The third-order valence-corrected chi connectivity index (χ3v) is 3.82. The first kappa shape index (κ1) is 11.4. The first-order valence-corrected chi connectivity index (χ1v) is 6.95. The van der Waals surface area contributed by atoms with Crippen LogP contribution in [0.5, 0.6) is 0 Å². The largest absolute Gasteiger partial charge is 0.309 e. The van der Waals surface area contributed by atoms with Gasteiger partial charge in [-0.3, -0.25) is 4.79 Å². The minimum Gasteiger partial charge on any atom is -0.309 e. The minimum atomic E-state index is 0.183. The van der Waals surface area contributed by atoms with E-state index in [1.54, 1.807) is 11.3 Å². The monoisotopic (exact) mass is 258 g/mol. The third-order valence-electron chi connectivity index (χ3n) is 3.23. The molecule has 0 atom stereocenters. The van der Waals surface area contributed by atoms with E-state index in [4.69, 9.17) is 0 Å². The molecule has 0 spiro atoms. The zero-order valence-corrected chi connectivity index (χ0v) is 11.2. The highest BCUT2D eigenvalue weighted by molar-refractivity contribution is 7.07. The molecule has 4 heteroatoms. The highest BCUT2D eigenvalue weighted by Gasteiger charge is 2.31. The van der Waals surface area contributed by atoms with Crippen LogP contribution < -0.4 is 4.90 Å². The van der Waals surface area contributed by atoms with E-state index < -0.39 is 0 Å². The van der Waals surface area contributed by atoms with Crippen molar-refractivity contribution in [1.82, 2.24) is 4.98 Å². The van der Waals surface area contributed by atoms with Crippen LogP contribution in [-0.2, 0) is 11.2 Å². The van der Waals surface area contributed by atoms with Gasteiger partial charge in [0.05, 0.1) is 17.6 Å². The fraction of sp³-hybridized carbons (Fsp3) is 0.286. The highest BCUT2D eigenvalue weighted by Crippen LogP contribution is 2.37. The van der Waals surface area contributed by atoms with Crippen molar-refractivity contribution in [3.8, 4) is 11.3 Å². The standard InChI is InChI=1S/C14H14N2OS/c1-9(2)16-13-5-3-4-10(11(13)6-14(16)17)12-7-18-8-15-12/h3-5,7-9H,6H2,1-2H3. The van der Waals surface area contributed by atoms with Gasteiger partial charge in [0.1, 0.15) is 0 Å². The minimum absolute atomic E-state index is 0.183. The fourth-order valence-corrected chi connectivity index (χ4v) is 3.06. The lowest BCUT2D eigenvalue weighted by Gasteiger charge is -2.22. The molecule has 0 fully saturated rings. The molecule has 0 radical (unpaired) electrons. The summed E-state index contributed by atoms with van der Waals surface area (Å²) in [6.45, 7) is 4.09. The Kier molecular flexibility index (Phi) is 2.67. The van der Waals surface area contributed by atoms with Gasteiger partial charge in [0.2, 0.25) is 5.91 Å². The van der Waals surface area contributed by atoms with E-state index in [1.807, 2.05) is 47.8 Å². The number of aromatic nitrogens is 1. The molecule has 0 N–H and O–H groups in total. The maximum atomic E-state index is 12.1. The van der Waals surface area contributed by atoms with Gasteiger partial charge in [-0.05, 0) is 25.5 Å². The lowest BCUT2D eigenvalue weighted by atomic mass is 10.0. The van der Waals surface area contributed by atoms with Gasteiger partial charge >= 0.3 is 0 Å². The van der Waals surface area contributed by atoms with E-state index in [1.165, 1.54) is 0 Å². The molecule has 18 heavy (non-hydrogen) atoms. The predicted molar refractivity (Wildman–Crippen MR) is 73.9 cm³/mol. The number of nitrogens with zero attached hydrogens (tertiary/aromatic N) is 2. The normalized spacial score (nSPS) is 14.4. The lowest BCUT2D eigenvalue weighted by molar-refractivity contribution is -0.117. The second-order valence-electron chi connectivity index (χ2n) is 4.71. The van der Waals surface area contributed by atoms with Gasteiger partial charge in [0, 0.05) is 22.7 Å². The van der Waals surface area contributed by atoms with Gasteiger partial charge in [-0.2, -0.15) is 0 Å². The average Bonchev–Trinajstić information content (AvgIpc) is 2.93. The number of thiazole rings is 1. The summed E-state index contributed by atoms with van der Waals surface area (Å²) in [5.41, 5.74) is 6.04. The van der Waals surface area contributed by atoms with Gasteiger partial charge in [-0.25, -0.2) is 4.98 Å². The van der Waals surface area contributed by atoms with E-state index in [0.717, 1.165) is 22.5 Å². The van der Waals surface area contributed by atoms with Crippen molar-refractivity contribution < 1.29 is 4.79 Å². The molecule has 1 aromatic carbocycles. The van der Waals surface area contributed by atoms with Crippen LogP contribution in [0.2, 0.25) is 0 Å². The summed E-state index contributed by atoms with van der Waals surface area (Å²) in [4.78, 5) is 18.3. The Hall–Kier alpha value is -1.68. The number of hydrogen-bond acceptors (Lipinski definition) is 3.